The average molecular weight is 368 g/mol. The van der Waals surface area contributed by atoms with Crippen LogP contribution < -0.4 is 10.6 Å². The normalized spacial score (nSPS) is 12.6. The molecule has 27 heavy (non-hydrogen) atoms. The Hall–Kier alpha value is -3.15. The quantitative estimate of drug-likeness (QED) is 0.768. The minimum absolute atomic E-state index is 0.375. The van der Waals surface area contributed by atoms with Crippen molar-refractivity contribution in [1.29, 1.82) is 0 Å². The van der Waals surface area contributed by atoms with Crippen LogP contribution in [0.25, 0.3) is 0 Å². The van der Waals surface area contributed by atoms with Crippen LogP contribution in [0.2, 0.25) is 0 Å². The number of amides is 2. The monoisotopic (exact) mass is 368 g/mol. The minimum Gasteiger partial charge on any atom is -0.451 e. The van der Waals surface area contributed by atoms with Gasteiger partial charge < -0.3 is 15.4 Å². The van der Waals surface area contributed by atoms with Crippen LogP contribution in [0, 0.1) is 13.8 Å². The Morgan fingerprint density at radius 1 is 0.926 bits per heavy atom. The average Bonchev–Trinajstić information content (AvgIpc) is 2.61. The van der Waals surface area contributed by atoms with Crippen LogP contribution in [0.5, 0.6) is 0 Å². The summed E-state index contributed by atoms with van der Waals surface area (Å²) in [6.45, 7) is 6.79. The number of esters is 1. The Balaban J connectivity index is 1.89. The van der Waals surface area contributed by atoms with Crippen LogP contribution >= 0.6 is 0 Å². The highest BCUT2D eigenvalue weighted by molar-refractivity contribution is 5.98. The molecule has 6 heteroatoms. The summed E-state index contributed by atoms with van der Waals surface area (Å²) < 4.78 is 5.17. The van der Waals surface area contributed by atoms with Gasteiger partial charge in [-0.15, -0.1) is 0 Å². The molecule has 0 bridgehead atoms. The van der Waals surface area contributed by atoms with E-state index in [0.717, 1.165) is 11.1 Å². The van der Waals surface area contributed by atoms with Crippen molar-refractivity contribution in [3.05, 3.63) is 65.2 Å². The van der Waals surface area contributed by atoms with Gasteiger partial charge in [-0.05, 0) is 57.5 Å². The molecular formula is C21H24N2O4. The molecule has 0 fully saturated rings. The summed E-state index contributed by atoms with van der Waals surface area (Å²) in [5.41, 5.74) is 3.04. The van der Waals surface area contributed by atoms with Crippen molar-refractivity contribution >= 4 is 23.5 Å². The molecule has 2 aromatic rings. The lowest BCUT2D eigenvalue weighted by atomic mass is 10.1. The highest BCUT2D eigenvalue weighted by Crippen LogP contribution is 2.11. The Bertz CT molecular complexity index is 848. The second kappa shape index (κ2) is 8.98. The number of hydrogen-bond donors (Lipinski definition) is 2. The second-order valence-electron chi connectivity index (χ2n) is 6.50. The molecule has 2 atom stereocenters. The lowest BCUT2D eigenvalue weighted by molar-refractivity contribution is -0.154. The Morgan fingerprint density at radius 3 is 2.19 bits per heavy atom. The molecule has 0 spiro atoms. The molecule has 0 heterocycles. The fourth-order valence-electron chi connectivity index (χ4n) is 2.42. The second-order valence-corrected chi connectivity index (χ2v) is 6.50. The van der Waals surface area contributed by atoms with Gasteiger partial charge in [0.1, 0.15) is 6.04 Å². The van der Waals surface area contributed by atoms with Crippen molar-refractivity contribution in [1.82, 2.24) is 5.32 Å². The molecule has 0 aliphatic carbocycles. The van der Waals surface area contributed by atoms with Gasteiger partial charge >= 0.3 is 5.97 Å². The Labute approximate surface area is 158 Å². The summed E-state index contributed by atoms with van der Waals surface area (Å²) in [5, 5.41) is 5.28. The number of ether oxygens (including phenoxy) is 1. The van der Waals surface area contributed by atoms with Crippen molar-refractivity contribution in [2.45, 2.75) is 39.8 Å². The summed E-state index contributed by atoms with van der Waals surface area (Å²) >= 11 is 0. The molecule has 2 N–H and O–H groups in total. The third-order valence-corrected chi connectivity index (χ3v) is 3.93. The SMILES string of the molecule is Cc1cccc(NC(=O)[C@@H](C)OC(=O)[C@@H](C)NC(=O)c2cccc(C)c2)c1. The van der Waals surface area contributed by atoms with Gasteiger partial charge in [-0.2, -0.15) is 0 Å². The van der Waals surface area contributed by atoms with E-state index in [0.29, 0.717) is 11.3 Å². The molecule has 0 aromatic heterocycles. The number of nitrogens with one attached hydrogen (secondary N) is 2. The molecule has 0 unspecified atom stereocenters. The van der Waals surface area contributed by atoms with Crippen LogP contribution in [0.4, 0.5) is 5.69 Å². The predicted octanol–water partition coefficient (Wildman–Crippen LogP) is 2.99. The van der Waals surface area contributed by atoms with E-state index in [1.165, 1.54) is 13.8 Å². The number of hydrogen-bond acceptors (Lipinski definition) is 4. The van der Waals surface area contributed by atoms with Crippen LogP contribution in [-0.4, -0.2) is 29.9 Å². The summed E-state index contributed by atoms with van der Waals surface area (Å²) in [6, 6.07) is 13.5. The number of carbonyl (C=O) groups is 3. The minimum atomic E-state index is -0.990. The maximum absolute atomic E-state index is 12.2. The van der Waals surface area contributed by atoms with Gasteiger partial charge in [-0.1, -0.05) is 29.8 Å². The maximum Gasteiger partial charge on any atom is 0.329 e. The first-order valence-electron chi connectivity index (χ1n) is 8.72. The van der Waals surface area contributed by atoms with E-state index >= 15 is 0 Å². The zero-order chi connectivity index (χ0) is 20.0. The van der Waals surface area contributed by atoms with E-state index in [2.05, 4.69) is 10.6 Å². The zero-order valence-corrected chi connectivity index (χ0v) is 15.9. The first-order valence-corrected chi connectivity index (χ1v) is 8.72. The van der Waals surface area contributed by atoms with Crippen LogP contribution in [0.1, 0.15) is 35.3 Å². The van der Waals surface area contributed by atoms with E-state index in [4.69, 9.17) is 4.74 Å². The topological polar surface area (TPSA) is 84.5 Å². The molecule has 0 radical (unpaired) electrons. The molecule has 2 amide bonds. The van der Waals surface area contributed by atoms with Crippen LogP contribution in [0.3, 0.4) is 0 Å². The molecule has 2 rings (SSSR count). The third-order valence-electron chi connectivity index (χ3n) is 3.93. The molecule has 0 aliphatic rings. The van der Waals surface area contributed by atoms with Crippen LogP contribution in [0.15, 0.2) is 48.5 Å². The van der Waals surface area contributed by atoms with Gasteiger partial charge in [-0.3, -0.25) is 9.59 Å². The summed E-state index contributed by atoms with van der Waals surface area (Å²) in [4.78, 5) is 36.6. The number of anilines is 1. The van der Waals surface area contributed by atoms with E-state index in [9.17, 15) is 14.4 Å². The lowest BCUT2D eigenvalue weighted by Gasteiger charge is -2.18. The molecule has 6 nitrogen and oxygen atoms in total. The molecular weight excluding hydrogens is 344 g/mol. The molecule has 0 saturated carbocycles. The Kier molecular flexibility index (Phi) is 6.71. The van der Waals surface area contributed by atoms with Crippen molar-refractivity contribution in [3.8, 4) is 0 Å². The lowest BCUT2D eigenvalue weighted by Crippen LogP contribution is -2.42. The standard InChI is InChI=1S/C21H24N2O4/c1-13-7-5-9-17(11-13)20(25)22-15(3)21(26)27-16(4)19(24)23-18-10-6-8-14(2)12-18/h5-12,15-16H,1-4H3,(H,22,25)(H,23,24)/t15-,16-/m1/s1. The summed E-state index contributed by atoms with van der Waals surface area (Å²) in [6.07, 6.45) is -0.990. The number of rotatable bonds is 6. The highest BCUT2D eigenvalue weighted by atomic mass is 16.5. The smallest absolute Gasteiger partial charge is 0.329 e. The first kappa shape index (κ1) is 20.2. The van der Waals surface area contributed by atoms with Crippen molar-refractivity contribution in [3.63, 3.8) is 0 Å². The summed E-state index contributed by atoms with van der Waals surface area (Å²) in [7, 11) is 0. The molecule has 142 valence electrons. The van der Waals surface area contributed by atoms with Crippen LogP contribution in [-0.2, 0) is 14.3 Å². The number of benzene rings is 2. The number of carbonyl (C=O) groups excluding carboxylic acids is 3. The molecule has 0 aliphatic heterocycles. The fourth-order valence-corrected chi connectivity index (χ4v) is 2.42. The molecule has 2 aromatic carbocycles. The Morgan fingerprint density at radius 2 is 1.56 bits per heavy atom. The van der Waals surface area contributed by atoms with Gasteiger partial charge in [0, 0.05) is 11.3 Å². The third kappa shape index (κ3) is 5.95. The largest absolute Gasteiger partial charge is 0.451 e. The predicted molar refractivity (Wildman–Crippen MR) is 103 cm³/mol. The van der Waals surface area contributed by atoms with E-state index in [1.807, 2.05) is 38.1 Å². The zero-order valence-electron chi connectivity index (χ0n) is 15.9. The molecule has 0 saturated heterocycles. The van der Waals surface area contributed by atoms with Crippen molar-refractivity contribution in [2.24, 2.45) is 0 Å². The maximum atomic E-state index is 12.2. The fraction of sp³-hybridized carbons (Fsp3) is 0.286. The van der Waals surface area contributed by atoms with E-state index < -0.39 is 24.0 Å². The van der Waals surface area contributed by atoms with Gasteiger partial charge in [0.2, 0.25) is 0 Å². The van der Waals surface area contributed by atoms with Crippen molar-refractivity contribution < 1.29 is 19.1 Å². The van der Waals surface area contributed by atoms with Gasteiger partial charge in [0.25, 0.3) is 11.8 Å². The van der Waals surface area contributed by atoms with E-state index in [-0.39, 0.29) is 5.91 Å². The van der Waals surface area contributed by atoms with Crippen molar-refractivity contribution in [2.75, 3.05) is 5.32 Å². The van der Waals surface area contributed by atoms with Gasteiger partial charge in [0.15, 0.2) is 6.10 Å². The van der Waals surface area contributed by atoms with Gasteiger partial charge in [-0.25, -0.2) is 4.79 Å². The number of aryl methyl sites for hydroxylation is 2. The summed E-state index contributed by atoms with van der Waals surface area (Å²) in [5.74, 6) is -1.49. The van der Waals surface area contributed by atoms with Gasteiger partial charge in [0.05, 0.1) is 0 Å². The highest BCUT2D eigenvalue weighted by Gasteiger charge is 2.23. The first-order chi connectivity index (χ1) is 12.8. The van der Waals surface area contributed by atoms with E-state index in [1.54, 1.807) is 24.3 Å².